The van der Waals surface area contributed by atoms with E-state index in [0.29, 0.717) is 15.9 Å². The molecule has 1 N–H and O–H groups in total. The van der Waals surface area contributed by atoms with Gasteiger partial charge in [0.2, 0.25) is 5.91 Å². The van der Waals surface area contributed by atoms with Crippen LogP contribution in [0, 0.1) is 0 Å². The molecule has 0 aromatic carbocycles. The molecule has 0 spiro atoms. The van der Waals surface area contributed by atoms with Crippen LogP contribution < -0.4 is 5.32 Å². The van der Waals surface area contributed by atoms with Crippen LogP contribution >= 0.6 is 22.9 Å². The van der Waals surface area contributed by atoms with Crippen molar-refractivity contribution < 1.29 is 4.79 Å². The minimum absolute atomic E-state index is 0.0445. The molecule has 0 aliphatic rings. The van der Waals surface area contributed by atoms with Gasteiger partial charge in [0.25, 0.3) is 0 Å². The number of hydrogen-bond donors (Lipinski definition) is 1. The standard InChI is InChI=1S/C12H12ClN3OS/c13-10-8-15-12(18-10)16-11(17)6-3-5-9-4-1-2-7-14-9/h1-2,4,7-8H,3,5-6H2,(H,15,16,17). The molecule has 1 amide bonds. The fourth-order valence-corrected chi connectivity index (χ4v) is 2.30. The van der Waals surface area contributed by atoms with Crippen molar-refractivity contribution in [1.82, 2.24) is 9.97 Å². The SMILES string of the molecule is O=C(CCCc1ccccn1)Nc1ncc(Cl)s1. The molecular formula is C12H12ClN3OS. The molecule has 0 fully saturated rings. The van der Waals surface area contributed by atoms with Gasteiger partial charge in [0.1, 0.15) is 4.34 Å². The van der Waals surface area contributed by atoms with Crippen molar-refractivity contribution in [1.29, 1.82) is 0 Å². The van der Waals surface area contributed by atoms with Crippen LogP contribution in [-0.4, -0.2) is 15.9 Å². The number of rotatable bonds is 5. The lowest BCUT2D eigenvalue weighted by atomic mass is 10.2. The molecule has 0 bridgehead atoms. The molecule has 0 radical (unpaired) electrons. The topological polar surface area (TPSA) is 54.9 Å². The van der Waals surface area contributed by atoms with Crippen LogP contribution in [0.15, 0.2) is 30.6 Å². The highest BCUT2D eigenvalue weighted by atomic mass is 35.5. The molecule has 2 rings (SSSR count). The smallest absolute Gasteiger partial charge is 0.226 e. The Morgan fingerprint density at radius 2 is 2.28 bits per heavy atom. The summed E-state index contributed by atoms with van der Waals surface area (Å²) in [5, 5.41) is 3.26. The first-order valence-corrected chi connectivity index (χ1v) is 6.74. The second-order valence-corrected chi connectivity index (χ2v) is 5.35. The molecule has 94 valence electrons. The van der Waals surface area contributed by atoms with Gasteiger partial charge in [-0.25, -0.2) is 4.98 Å². The Balaban J connectivity index is 1.72. The van der Waals surface area contributed by atoms with Crippen LogP contribution in [0.25, 0.3) is 0 Å². The summed E-state index contributed by atoms with van der Waals surface area (Å²) in [5.41, 5.74) is 1.00. The first-order valence-electron chi connectivity index (χ1n) is 5.55. The van der Waals surface area contributed by atoms with Crippen LogP contribution in [0.3, 0.4) is 0 Å². The number of pyridine rings is 1. The minimum Gasteiger partial charge on any atom is -0.302 e. The monoisotopic (exact) mass is 281 g/mol. The zero-order chi connectivity index (χ0) is 12.8. The molecule has 2 aromatic heterocycles. The van der Waals surface area contributed by atoms with Gasteiger partial charge in [-0.3, -0.25) is 9.78 Å². The average molecular weight is 282 g/mol. The molecular weight excluding hydrogens is 270 g/mol. The quantitative estimate of drug-likeness (QED) is 0.916. The maximum Gasteiger partial charge on any atom is 0.226 e. The molecule has 18 heavy (non-hydrogen) atoms. The fraction of sp³-hybridized carbons (Fsp3) is 0.250. The predicted octanol–water partition coefficient (Wildman–Crippen LogP) is 3.15. The van der Waals surface area contributed by atoms with Crippen molar-refractivity contribution in [2.45, 2.75) is 19.3 Å². The Bertz CT molecular complexity index is 515. The summed E-state index contributed by atoms with van der Waals surface area (Å²) in [5.74, 6) is -0.0445. The summed E-state index contributed by atoms with van der Waals surface area (Å²) in [6, 6.07) is 5.78. The maximum absolute atomic E-state index is 11.6. The van der Waals surface area contributed by atoms with Crippen LogP contribution in [0.2, 0.25) is 4.34 Å². The van der Waals surface area contributed by atoms with E-state index in [1.54, 1.807) is 6.20 Å². The van der Waals surface area contributed by atoms with Crippen molar-refractivity contribution in [2.75, 3.05) is 5.32 Å². The minimum atomic E-state index is -0.0445. The van der Waals surface area contributed by atoms with Crippen molar-refractivity contribution in [3.63, 3.8) is 0 Å². The van der Waals surface area contributed by atoms with Crippen molar-refractivity contribution in [2.24, 2.45) is 0 Å². The van der Waals surface area contributed by atoms with E-state index in [9.17, 15) is 4.79 Å². The van der Waals surface area contributed by atoms with E-state index in [1.807, 2.05) is 18.2 Å². The van der Waals surface area contributed by atoms with Gasteiger partial charge in [-0.15, -0.1) is 0 Å². The van der Waals surface area contributed by atoms with E-state index in [0.717, 1.165) is 18.5 Å². The van der Waals surface area contributed by atoms with Gasteiger partial charge in [-0.1, -0.05) is 29.0 Å². The number of nitrogens with one attached hydrogen (secondary N) is 1. The van der Waals surface area contributed by atoms with Crippen LogP contribution in [0.5, 0.6) is 0 Å². The number of anilines is 1. The average Bonchev–Trinajstić information content (AvgIpc) is 2.76. The van der Waals surface area contributed by atoms with Gasteiger partial charge in [-0.2, -0.15) is 0 Å². The number of aromatic nitrogens is 2. The van der Waals surface area contributed by atoms with Gasteiger partial charge in [0.15, 0.2) is 5.13 Å². The molecule has 2 heterocycles. The Morgan fingerprint density at radius 1 is 1.39 bits per heavy atom. The second kappa shape index (κ2) is 6.47. The Morgan fingerprint density at radius 3 is 2.94 bits per heavy atom. The molecule has 0 saturated heterocycles. The van der Waals surface area contributed by atoms with Gasteiger partial charge >= 0.3 is 0 Å². The number of aryl methyl sites for hydroxylation is 1. The highest BCUT2D eigenvalue weighted by molar-refractivity contribution is 7.19. The van der Waals surface area contributed by atoms with Gasteiger partial charge < -0.3 is 5.32 Å². The number of nitrogens with zero attached hydrogens (tertiary/aromatic N) is 2. The zero-order valence-corrected chi connectivity index (χ0v) is 11.2. The number of hydrogen-bond acceptors (Lipinski definition) is 4. The second-order valence-electron chi connectivity index (χ2n) is 3.69. The first kappa shape index (κ1) is 13.0. The summed E-state index contributed by atoms with van der Waals surface area (Å²) in [4.78, 5) is 19.8. The van der Waals surface area contributed by atoms with E-state index in [4.69, 9.17) is 11.6 Å². The summed E-state index contributed by atoms with van der Waals surface area (Å²) < 4.78 is 0.568. The highest BCUT2D eigenvalue weighted by Crippen LogP contribution is 2.22. The zero-order valence-electron chi connectivity index (χ0n) is 9.60. The lowest BCUT2D eigenvalue weighted by Crippen LogP contribution is -2.11. The Kier molecular flexibility index (Phi) is 4.66. The van der Waals surface area contributed by atoms with E-state index in [1.165, 1.54) is 17.5 Å². The Labute approximate surface area is 114 Å². The molecule has 0 saturated carbocycles. The van der Waals surface area contributed by atoms with Crippen LogP contribution in [0.1, 0.15) is 18.5 Å². The molecule has 0 aliphatic heterocycles. The van der Waals surface area contributed by atoms with E-state index < -0.39 is 0 Å². The third-order valence-corrected chi connectivity index (χ3v) is 3.32. The van der Waals surface area contributed by atoms with E-state index in [2.05, 4.69) is 15.3 Å². The normalized spacial score (nSPS) is 10.3. The molecule has 0 aliphatic carbocycles. The van der Waals surface area contributed by atoms with Gasteiger partial charge in [-0.05, 0) is 25.0 Å². The fourth-order valence-electron chi connectivity index (χ4n) is 1.47. The van der Waals surface area contributed by atoms with Crippen LogP contribution in [-0.2, 0) is 11.2 Å². The largest absolute Gasteiger partial charge is 0.302 e. The number of carbonyl (C=O) groups excluding carboxylic acids is 1. The lowest BCUT2D eigenvalue weighted by molar-refractivity contribution is -0.116. The van der Waals surface area contributed by atoms with E-state index >= 15 is 0 Å². The lowest BCUT2D eigenvalue weighted by Gasteiger charge is -2.01. The van der Waals surface area contributed by atoms with Crippen LogP contribution in [0.4, 0.5) is 5.13 Å². The van der Waals surface area contributed by atoms with Crippen molar-refractivity contribution in [3.8, 4) is 0 Å². The molecule has 0 unspecified atom stereocenters. The predicted molar refractivity (Wildman–Crippen MR) is 72.9 cm³/mol. The van der Waals surface area contributed by atoms with Crippen molar-refractivity contribution in [3.05, 3.63) is 40.6 Å². The van der Waals surface area contributed by atoms with Gasteiger partial charge in [0.05, 0.1) is 6.20 Å². The highest BCUT2D eigenvalue weighted by Gasteiger charge is 2.05. The van der Waals surface area contributed by atoms with Crippen molar-refractivity contribution >= 4 is 34.0 Å². The first-order chi connectivity index (χ1) is 8.74. The molecule has 0 atom stereocenters. The third kappa shape index (κ3) is 4.09. The number of carbonyl (C=O) groups is 1. The summed E-state index contributed by atoms with van der Waals surface area (Å²) in [6.45, 7) is 0. The summed E-state index contributed by atoms with van der Waals surface area (Å²) in [7, 11) is 0. The van der Waals surface area contributed by atoms with E-state index in [-0.39, 0.29) is 5.91 Å². The third-order valence-electron chi connectivity index (χ3n) is 2.29. The maximum atomic E-state index is 11.6. The number of halogens is 1. The number of thiazole rings is 1. The summed E-state index contributed by atoms with van der Waals surface area (Å²) in [6.07, 6.45) is 5.30. The molecule has 4 nitrogen and oxygen atoms in total. The summed E-state index contributed by atoms with van der Waals surface area (Å²) >= 11 is 6.98. The molecule has 2 aromatic rings. The van der Waals surface area contributed by atoms with Gasteiger partial charge in [0, 0.05) is 18.3 Å². The number of amides is 1. The Hall–Kier alpha value is -1.46. The molecule has 6 heteroatoms.